The van der Waals surface area contributed by atoms with Crippen LogP contribution in [-0.4, -0.2) is 40.3 Å². The number of aliphatic imine (C=N–C) groups is 1. The fourth-order valence-corrected chi connectivity index (χ4v) is 1.35. The van der Waals surface area contributed by atoms with Crippen LogP contribution in [0.4, 0.5) is 19.0 Å². The van der Waals surface area contributed by atoms with Gasteiger partial charge in [0, 0.05) is 11.9 Å². The summed E-state index contributed by atoms with van der Waals surface area (Å²) in [6.07, 6.45) is -2.54. The first-order chi connectivity index (χ1) is 11.6. The second-order valence-electron chi connectivity index (χ2n) is 4.20. The van der Waals surface area contributed by atoms with Crippen LogP contribution in [0.5, 0.6) is 0 Å². The Kier molecular flexibility index (Phi) is 6.99. The fraction of sp³-hybridized carbons (Fsp3) is 0.167. The summed E-state index contributed by atoms with van der Waals surface area (Å²) in [5.74, 6) is -3.16. The maximum Gasteiger partial charge on any atom is 0.450 e. The Labute approximate surface area is 143 Å². The molecule has 5 N–H and O–H groups in total. The van der Waals surface area contributed by atoms with Gasteiger partial charge in [-0.2, -0.15) is 18.3 Å². The van der Waals surface area contributed by atoms with Crippen molar-refractivity contribution in [2.45, 2.75) is 6.18 Å². The number of carboxylic acids is 1. The van der Waals surface area contributed by atoms with Crippen LogP contribution >= 0.6 is 11.6 Å². The summed E-state index contributed by atoms with van der Waals surface area (Å²) >= 11 is 5.81. The lowest BCUT2D eigenvalue weighted by atomic mass is 10.3. The molecule has 25 heavy (non-hydrogen) atoms. The molecule has 0 atom stereocenters. The van der Waals surface area contributed by atoms with E-state index in [2.05, 4.69) is 31.1 Å². The summed E-state index contributed by atoms with van der Waals surface area (Å²) in [4.78, 5) is 18.7. The van der Waals surface area contributed by atoms with E-state index in [0.717, 1.165) is 6.08 Å². The number of hydrogen-bond donors (Lipinski definition) is 3. The van der Waals surface area contributed by atoms with Crippen molar-refractivity contribution >= 4 is 34.9 Å². The number of carbonyl (C=O) groups is 1. The van der Waals surface area contributed by atoms with Gasteiger partial charge in [-0.1, -0.05) is 11.6 Å². The molecule has 1 aromatic rings. The first-order valence-electron chi connectivity index (χ1n) is 6.27. The number of nitrogens with zero attached hydrogens (tertiary/aromatic N) is 5. The number of nitrogens with two attached hydrogens (primary N) is 2. The zero-order chi connectivity index (χ0) is 19.0. The van der Waals surface area contributed by atoms with Crippen molar-refractivity contribution in [2.24, 2.45) is 31.9 Å². The quantitative estimate of drug-likeness (QED) is 0.299. The summed E-state index contributed by atoms with van der Waals surface area (Å²) in [5, 5.41) is 17.9. The van der Waals surface area contributed by atoms with E-state index in [1.165, 1.54) is 18.3 Å². The Morgan fingerprint density at radius 3 is 2.64 bits per heavy atom. The van der Waals surface area contributed by atoms with Crippen LogP contribution in [0.15, 0.2) is 50.5 Å². The zero-order valence-electron chi connectivity index (χ0n) is 12.3. The Balaban J connectivity index is 2.90. The molecular weight excluding hydrogens is 367 g/mol. The maximum absolute atomic E-state index is 12.0. The van der Waals surface area contributed by atoms with Gasteiger partial charge in [0.2, 0.25) is 5.84 Å². The van der Waals surface area contributed by atoms with Crippen molar-refractivity contribution in [3.63, 3.8) is 0 Å². The molecule has 0 spiro atoms. The number of alkyl halides is 3. The minimum atomic E-state index is -4.83. The summed E-state index contributed by atoms with van der Waals surface area (Å²) in [5.41, 5.74) is 9.45. The number of aromatic nitrogens is 1. The molecule has 0 aliphatic rings. The number of halogens is 4. The molecule has 0 saturated carbocycles. The van der Waals surface area contributed by atoms with E-state index in [0.29, 0.717) is 0 Å². The molecule has 0 amide bonds. The smallest absolute Gasteiger partial charge is 0.450 e. The van der Waals surface area contributed by atoms with Crippen LogP contribution < -0.4 is 11.5 Å². The third-order valence-electron chi connectivity index (χ3n) is 2.27. The normalized spacial score (nSPS) is 14.2. The molecule has 0 aliphatic heterocycles. The number of rotatable bonds is 6. The molecule has 0 radical (unpaired) electrons. The molecule has 0 unspecified atom stereocenters. The van der Waals surface area contributed by atoms with Crippen molar-refractivity contribution in [2.75, 3.05) is 6.54 Å². The van der Waals surface area contributed by atoms with E-state index in [9.17, 15) is 18.0 Å². The molecule has 13 heteroatoms. The Bertz CT molecular complexity index is 759. The van der Waals surface area contributed by atoms with Gasteiger partial charge in [0.05, 0.1) is 5.02 Å². The zero-order valence-corrected chi connectivity index (χ0v) is 13.0. The number of pyridine rings is 1. The molecule has 134 valence electrons. The minimum absolute atomic E-state index is 0.0465. The largest absolute Gasteiger partial charge is 0.477 e. The van der Waals surface area contributed by atoms with E-state index in [1.807, 2.05) is 0 Å². The fourth-order valence-electron chi connectivity index (χ4n) is 1.19. The topological polar surface area (TPSA) is 152 Å². The monoisotopic (exact) mass is 377 g/mol. The van der Waals surface area contributed by atoms with Gasteiger partial charge in [0.15, 0.2) is 11.5 Å². The SMILES string of the molecule is NC(=CC(=Nc1ncccc1Cl)C(=O)O)CN=NN=C(N)C(F)(F)F. The van der Waals surface area contributed by atoms with Crippen LogP contribution in [0.3, 0.4) is 0 Å². The van der Waals surface area contributed by atoms with Gasteiger partial charge in [-0.3, -0.25) is 0 Å². The molecule has 0 aliphatic carbocycles. The van der Waals surface area contributed by atoms with Crippen molar-refractivity contribution in [1.82, 2.24) is 4.98 Å². The van der Waals surface area contributed by atoms with E-state index in [-0.39, 0.29) is 16.5 Å². The average Bonchev–Trinajstić information content (AvgIpc) is 2.51. The van der Waals surface area contributed by atoms with Crippen molar-refractivity contribution < 1.29 is 23.1 Å². The highest BCUT2D eigenvalue weighted by Gasteiger charge is 2.33. The van der Waals surface area contributed by atoms with Crippen molar-refractivity contribution in [3.05, 3.63) is 35.1 Å². The number of amidine groups is 1. The Morgan fingerprint density at radius 1 is 1.40 bits per heavy atom. The molecule has 1 aromatic heterocycles. The van der Waals surface area contributed by atoms with Crippen molar-refractivity contribution in [3.8, 4) is 0 Å². The van der Waals surface area contributed by atoms with Gasteiger partial charge >= 0.3 is 12.1 Å². The van der Waals surface area contributed by atoms with E-state index < -0.39 is 30.2 Å². The first kappa shape index (κ1) is 20.0. The van der Waals surface area contributed by atoms with Gasteiger partial charge in [0.25, 0.3) is 0 Å². The third kappa shape index (κ3) is 6.95. The molecule has 0 bridgehead atoms. The van der Waals surface area contributed by atoms with Gasteiger partial charge in [-0.25, -0.2) is 14.8 Å². The van der Waals surface area contributed by atoms with Crippen molar-refractivity contribution in [1.29, 1.82) is 0 Å². The van der Waals surface area contributed by atoms with E-state index in [1.54, 1.807) is 0 Å². The Morgan fingerprint density at radius 2 is 2.08 bits per heavy atom. The second kappa shape index (κ2) is 8.73. The van der Waals surface area contributed by atoms with E-state index in [4.69, 9.17) is 22.4 Å². The Hall–Kier alpha value is -3.02. The highest BCUT2D eigenvalue weighted by atomic mass is 35.5. The molecule has 0 saturated heterocycles. The lowest BCUT2D eigenvalue weighted by Crippen LogP contribution is -2.30. The molecule has 0 aromatic carbocycles. The lowest BCUT2D eigenvalue weighted by molar-refractivity contribution is -0.129. The molecule has 9 nitrogen and oxygen atoms in total. The minimum Gasteiger partial charge on any atom is -0.477 e. The second-order valence-corrected chi connectivity index (χ2v) is 4.61. The average molecular weight is 378 g/mol. The van der Waals surface area contributed by atoms with Crippen LogP contribution in [0.25, 0.3) is 0 Å². The highest BCUT2D eigenvalue weighted by Crippen LogP contribution is 2.21. The molecule has 1 heterocycles. The van der Waals surface area contributed by atoms with E-state index >= 15 is 0 Å². The van der Waals surface area contributed by atoms with Gasteiger partial charge < -0.3 is 16.6 Å². The lowest BCUT2D eigenvalue weighted by Gasteiger charge is -2.01. The molecule has 1 rings (SSSR count). The van der Waals surface area contributed by atoms with Crippen LogP contribution in [0, 0.1) is 0 Å². The number of hydrogen-bond acceptors (Lipinski definition) is 6. The third-order valence-corrected chi connectivity index (χ3v) is 2.56. The maximum atomic E-state index is 12.0. The predicted molar refractivity (Wildman–Crippen MR) is 83.6 cm³/mol. The highest BCUT2D eigenvalue weighted by molar-refractivity contribution is 6.41. The standard InChI is InChI=1S/C12H11ClF3N7O2/c13-7-2-1-3-19-9(7)21-8(10(24)25)4-6(17)5-20-23-22-11(18)12(14,15)16/h1-4H,5,17H2,(H,24,25)(H2,18,20,22). The summed E-state index contributed by atoms with van der Waals surface area (Å²) in [6, 6.07) is 2.98. The van der Waals surface area contributed by atoms with Crippen LogP contribution in [0.2, 0.25) is 5.02 Å². The summed E-state index contributed by atoms with van der Waals surface area (Å²) in [7, 11) is 0. The van der Waals surface area contributed by atoms with Gasteiger partial charge in [0.1, 0.15) is 6.54 Å². The number of aliphatic carboxylic acids is 1. The predicted octanol–water partition coefficient (Wildman–Crippen LogP) is 2.02. The number of carboxylic acid groups (broad SMARTS) is 1. The summed E-state index contributed by atoms with van der Waals surface area (Å²) in [6.45, 7) is -0.434. The van der Waals surface area contributed by atoms with Gasteiger partial charge in [-0.15, -0.1) is 5.10 Å². The van der Waals surface area contributed by atoms with Gasteiger partial charge in [-0.05, 0) is 23.4 Å². The van der Waals surface area contributed by atoms with Crippen LogP contribution in [0.1, 0.15) is 0 Å². The molecule has 0 fully saturated rings. The summed E-state index contributed by atoms with van der Waals surface area (Å²) < 4.78 is 36.1. The first-order valence-corrected chi connectivity index (χ1v) is 6.64. The molecular formula is C12H11ClF3N7O2. The van der Waals surface area contributed by atoms with Crippen LogP contribution in [-0.2, 0) is 4.79 Å².